The highest BCUT2D eigenvalue weighted by atomic mass is 19.1. The van der Waals surface area contributed by atoms with Crippen LogP contribution in [-0.2, 0) is 0 Å². The minimum absolute atomic E-state index is 0.135. The average Bonchev–Trinajstić information content (AvgIpc) is 2.55. The first kappa shape index (κ1) is 19.2. The Balaban J connectivity index is 1.86. The second-order valence-corrected chi connectivity index (χ2v) is 6.70. The number of methoxy groups -OCH3 is 1. The number of hydrogen-bond donors (Lipinski definition) is 2. The van der Waals surface area contributed by atoms with Crippen LogP contribution in [0.25, 0.3) is 0 Å². The molecule has 1 aliphatic heterocycles. The van der Waals surface area contributed by atoms with Crippen molar-refractivity contribution in [3.05, 3.63) is 41.7 Å². The van der Waals surface area contributed by atoms with E-state index in [-0.39, 0.29) is 17.9 Å². The highest BCUT2D eigenvalue weighted by Gasteiger charge is 2.23. The molecule has 0 aliphatic carbocycles. The number of carbonyl (C=O) groups is 1. The van der Waals surface area contributed by atoms with Gasteiger partial charge in [0.05, 0.1) is 18.7 Å². The number of amides is 2. The average molecular weight is 349 g/mol. The lowest BCUT2D eigenvalue weighted by Gasteiger charge is -2.32. The van der Waals surface area contributed by atoms with Crippen LogP contribution >= 0.6 is 0 Å². The zero-order chi connectivity index (χ0) is 18.4. The van der Waals surface area contributed by atoms with Gasteiger partial charge in [-0.2, -0.15) is 0 Å². The fourth-order valence-corrected chi connectivity index (χ4v) is 3.23. The number of likely N-dealkylation sites (tertiary alicyclic amines) is 1. The third kappa shape index (κ3) is 5.46. The predicted molar refractivity (Wildman–Crippen MR) is 97.3 cm³/mol. The number of carbonyl (C=O) groups excluding carboxylic acids is 1. The molecule has 0 saturated carbocycles. The lowest BCUT2D eigenvalue weighted by Crippen LogP contribution is -2.48. The maximum Gasteiger partial charge on any atom is 0.315 e. The Labute approximate surface area is 149 Å². The molecule has 1 heterocycles. The Morgan fingerprint density at radius 1 is 1.44 bits per heavy atom. The molecule has 1 fully saturated rings. The van der Waals surface area contributed by atoms with E-state index in [2.05, 4.69) is 22.1 Å². The summed E-state index contributed by atoms with van der Waals surface area (Å²) in [4.78, 5) is 14.6. The maximum absolute atomic E-state index is 14.1. The van der Waals surface area contributed by atoms with Crippen LogP contribution in [0.4, 0.5) is 9.18 Å². The highest BCUT2D eigenvalue weighted by Crippen LogP contribution is 2.27. The second kappa shape index (κ2) is 8.85. The molecule has 1 aromatic carbocycles. The second-order valence-electron chi connectivity index (χ2n) is 6.70. The molecule has 2 amide bonds. The Hall–Kier alpha value is -2.08. The number of nitrogens with one attached hydrogen (secondary N) is 2. The van der Waals surface area contributed by atoms with Crippen molar-refractivity contribution < 1.29 is 13.9 Å². The highest BCUT2D eigenvalue weighted by molar-refractivity contribution is 5.75. The molecule has 2 N–H and O–H groups in total. The van der Waals surface area contributed by atoms with Gasteiger partial charge in [-0.25, -0.2) is 9.18 Å². The van der Waals surface area contributed by atoms with Gasteiger partial charge in [-0.05, 0) is 38.8 Å². The van der Waals surface area contributed by atoms with Crippen molar-refractivity contribution in [1.82, 2.24) is 15.5 Å². The first-order chi connectivity index (χ1) is 11.9. The summed E-state index contributed by atoms with van der Waals surface area (Å²) in [7, 11) is 1.49. The number of ether oxygens (including phenoxy) is 1. The van der Waals surface area contributed by atoms with E-state index in [1.807, 2.05) is 6.92 Å². The van der Waals surface area contributed by atoms with E-state index in [1.54, 1.807) is 19.1 Å². The molecule has 0 bridgehead atoms. The van der Waals surface area contributed by atoms with Gasteiger partial charge < -0.3 is 15.4 Å². The molecular formula is C19H28FN3O2. The molecule has 0 aromatic heterocycles. The lowest BCUT2D eigenvalue weighted by molar-refractivity contribution is 0.200. The van der Waals surface area contributed by atoms with E-state index in [9.17, 15) is 9.18 Å². The van der Waals surface area contributed by atoms with Gasteiger partial charge in [-0.3, -0.25) is 4.90 Å². The fraction of sp³-hybridized carbons (Fsp3) is 0.526. The third-order valence-corrected chi connectivity index (χ3v) is 4.43. The van der Waals surface area contributed by atoms with Gasteiger partial charge in [0.2, 0.25) is 0 Å². The largest absolute Gasteiger partial charge is 0.496 e. The summed E-state index contributed by atoms with van der Waals surface area (Å²) in [5.74, 6) is 0.0427. The predicted octanol–water partition coefficient (Wildman–Crippen LogP) is 3.24. The summed E-state index contributed by atoms with van der Waals surface area (Å²) in [5, 5.41) is 5.79. The molecule has 5 nitrogen and oxygen atoms in total. The number of nitrogens with zero attached hydrogens (tertiary/aromatic N) is 1. The van der Waals surface area contributed by atoms with Crippen molar-refractivity contribution in [3.8, 4) is 5.75 Å². The van der Waals surface area contributed by atoms with Crippen molar-refractivity contribution in [1.29, 1.82) is 0 Å². The van der Waals surface area contributed by atoms with Crippen molar-refractivity contribution >= 4 is 6.03 Å². The van der Waals surface area contributed by atoms with Gasteiger partial charge in [0.15, 0.2) is 0 Å². The van der Waals surface area contributed by atoms with E-state index < -0.39 is 6.04 Å². The van der Waals surface area contributed by atoms with Crippen LogP contribution in [0.15, 0.2) is 30.4 Å². The summed E-state index contributed by atoms with van der Waals surface area (Å²) in [6.07, 6.45) is 1.80. The number of halogens is 1. The summed E-state index contributed by atoms with van der Waals surface area (Å²) in [5.41, 5.74) is 1.51. The molecule has 1 aliphatic rings. The van der Waals surface area contributed by atoms with Crippen molar-refractivity contribution in [2.45, 2.75) is 38.8 Å². The first-order valence-corrected chi connectivity index (χ1v) is 8.67. The van der Waals surface area contributed by atoms with Gasteiger partial charge in [-0.15, -0.1) is 0 Å². The summed E-state index contributed by atoms with van der Waals surface area (Å²) >= 11 is 0. The number of rotatable bonds is 6. The minimum Gasteiger partial charge on any atom is -0.496 e. The smallest absolute Gasteiger partial charge is 0.315 e. The molecule has 2 rings (SSSR count). The molecule has 6 heteroatoms. The zero-order valence-electron chi connectivity index (χ0n) is 15.3. The molecule has 1 atom stereocenters. The van der Waals surface area contributed by atoms with E-state index in [0.717, 1.165) is 38.0 Å². The van der Waals surface area contributed by atoms with Crippen molar-refractivity contribution in [3.63, 3.8) is 0 Å². The molecule has 138 valence electrons. The van der Waals surface area contributed by atoms with E-state index in [1.165, 1.54) is 13.2 Å². The van der Waals surface area contributed by atoms with E-state index >= 15 is 0 Å². The van der Waals surface area contributed by atoms with Gasteiger partial charge in [0.1, 0.15) is 11.6 Å². The number of hydrogen-bond acceptors (Lipinski definition) is 3. The molecule has 0 unspecified atom stereocenters. The number of benzene rings is 1. The number of urea groups is 1. The van der Waals surface area contributed by atoms with Crippen LogP contribution in [0, 0.1) is 5.82 Å². The van der Waals surface area contributed by atoms with Gasteiger partial charge >= 0.3 is 6.03 Å². The first-order valence-electron chi connectivity index (χ1n) is 8.67. The molecule has 1 aromatic rings. The summed E-state index contributed by atoms with van der Waals surface area (Å²) < 4.78 is 19.3. The Morgan fingerprint density at radius 3 is 2.72 bits per heavy atom. The quantitative estimate of drug-likeness (QED) is 0.775. The fourth-order valence-electron chi connectivity index (χ4n) is 3.23. The van der Waals surface area contributed by atoms with Gasteiger partial charge in [0.25, 0.3) is 0 Å². The molecule has 25 heavy (non-hydrogen) atoms. The van der Waals surface area contributed by atoms with Crippen LogP contribution in [-0.4, -0.2) is 43.7 Å². The van der Waals surface area contributed by atoms with E-state index in [4.69, 9.17) is 4.74 Å². The molecule has 1 saturated heterocycles. The third-order valence-electron chi connectivity index (χ3n) is 4.43. The summed E-state index contributed by atoms with van der Waals surface area (Å²) in [6, 6.07) is 4.01. The SMILES string of the molecule is C=C(C)CN1CCC(NC(=O)N[C@@H](C)c2c(F)cccc2OC)CC1. The monoisotopic (exact) mass is 349 g/mol. The Morgan fingerprint density at radius 2 is 2.12 bits per heavy atom. The zero-order valence-corrected chi connectivity index (χ0v) is 15.3. The van der Waals surface area contributed by atoms with Crippen LogP contribution in [0.5, 0.6) is 5.75 Å². The lowest BCUT2D eigenvalue weighted by atomic mass is 10.0. The van der Waals surface area contributed by atoms with Crippen molar-refractivity contribution in [2.75, 3.05) is 26.7 Å². The standard InChI is InChI=1S/C19H28FN3O2/c1-13(2)12-23-10-8-15(9-11-23)22-19(24)21-14(3)18-16(20)6-5-7-17(18)25-4/h5-7,14-15H,1,8-12H2,2-4H3,(H2,21,22,24)/t14-/m0/s1. The minimum atomic E-state index is -0.486. The Bertz CT molecular complexity index is 613. The Kier molecular flexibility index (Phi) is 6.82. The summed E-state index contributed by atoms with van der Waals surface area (Å²) in [6.45, 7) is 10.5. The van der Waals surface area contributed by atoms with Crippen LogP contribution in [0.1, 0.15) is 38.3 Å². The topological polar surface area (TPSA) is 53.6 Å². The van der Waals surface area contributed by atoms with Crippen LogP contribution < -0.4 is 15.4 Å². The normalized spacial score (nSPS) is 17.0. The van der Waals surface area contributed by atoms with Crippen LogP contribution in [0.2, 0.25) is 0 Å². The van der Waals surface area contributed by atoms with Gasteiger partial charge in [0, 0.05) is 25.7 Å². The van der Waals surface area contributed by atoms with Crippen LogP contribution in [0.3, 0.4) is 0 Å². The van der Waals surface area contributed by atoms with Crippen molar-refractivity contribution in [2.24, 2.45) is 0 Å². The maximum atomic E-state index is 14.1. The molecular weight excluding hydrogens is 321 g/mol. The molecule has 0 spiro atoms. The number of piperidine rings is 1. The molecule has 0 radical (unpaired) electrons. The van der Waals surface area contributed by atoms with Gasteiger partial charge in [-0.1, -0.05) is 18.2 Å². The van der Waals surface area contributed by atoms with E-state index in [0.29, 0.717) is 11.3 Å².